The Hall–Kier alpha value is -1.08. The number of carbonyl (C=O) groups is 1. The molecular weight excluding hydrogens is 274 g/mol. The fourth-order valence-corrected chi connectivity index (χ4v) is 3.62. The van der Waals surface area contributed by atoms with E-state index in [1.54, 1.807) is 0 Å². The average Bonchev–Trinajstić information content (AvgIpc) is 3.36. The van der Waals surface area contributed by atoms with Gasteiger partial charge in [0.1, 0.15) is 5.82 Å². The second-order valence-electron chi connectivity index (χ2n) is 5.62. The lowest BCUT2D eigenvalue weighted by Crippen LogP contribution is -2.37. The molecule has 0 spiro atoms. The van der Waals surface area contributed by atoms with Crippen LogP contribution in [0.5, 0.6) is 0 Å². The molecule has 0 radical (unpaired) electrons. The van der Waals surface area contributed by atoms with E-state index in [9.17, 15) is 4.79 Å². The minimum atomic E-state index is -0.182. The summed E-state index contributed by atoms with van der Waals surface area (Å²) in [5.41, 5.74) is 2.26. The molecule has 3 rings (SSSR count). The van der Waals surface area contributed by atoms with E-state index in [-0.39, 0.29) is 11.2 Å². The predicted octanol–water partition coefficient (Wildman–Crippen LogP) is 1.74. The van der Waals surface area contributed by atoms with Crippen LogP contribution in [0.2, 0.25) is 0 Å². The van der Waals surface area contributed by atoms with E-state index in [2.05, 4.69) is 27.1 Å². The predicted molar refractivity (Wildman–Crippen MR) is 77.2 cm³/mol. The molecule has 1 heterocycles. The molecule has 0 aromatic carbocycles. The summed E-state index contributed by atoms with van der Waals surface area (Å²) in [6.45, 7) is 2.07. The van der Waals surface area contributed by atoms with Crippen LogP contribution in [0, 0.1) is 0 Å². The minimum absolute atomic E-state index is 0.129. The molecule has 1 aromatic heterocycles. The topological polar surface area (TPSA) is 85.8 Å². The Kier molecular flexibility index (Phi) is 3.98. The third kappa shape index (κ3) is 2.83. The number of aromatic nitrogens is 3. The summed E-state index contributed by atoms with van der Waals surface area (Å²) in [5.74, 6) is 6.86. The normalized spacial score (nSPS) is 19.9. The number of hydrogen-bond donors (Lipinski definition) is 2. The molecule has 2 saturated carbocycles. The van der Waals surface area contributed by atoms with Gasteiger partial charge in [-0.1, -0.05) is 25.1 Å². The summed E-state index contributed by atoms with van der Waals surface area (Å²) in [6, 6.07) is 0.548. The Morgan fingerprint density at radius 1 is 1.45 bits per heavy atom. The minimum Gasteiger partial charge on any atom is -0.303 e. The van der Waals surface area contributed by atoms with Gasteiger partial charge in [-0.15, -0.1) is 10.2 Å². The van der Waals surface area contributed by atoms with Gasteiger partial charge in [-0.25, -0.2) is 5.84 Å². The van der Waals surface area contributed by atoms with Crippen molar-refractivity contribution in [2.45, 2.75) is 67.8 Å². The van der Waals surface area contributed by atoms with Gasteiger partial charge in [0.15, 0.2) is 5.16 Å². The first-order valence-electron chi connectivity index (χ1n) is 7.36. The maximum absolute atomic E-state index is 11.8. The Morgan fingerprint density at radius 2 is 2.20 bits per heavy atom. The van der Waals surface area contributed by atoms with Crippen LogP contribution in [0.25, 0.3) is 0 Å². The van der Waals surface area contributed by atoms with Crippen molar-refractivity contribution in [2.24, 2.45) is 5.84 Å². The molecule has 2 aliphatic carbocycles. The highest BCUT2D eigenvalue weighted by molar-refractivity contribution is 8.00. The van der Waals surface area contributed by atoms with E-state index < -0.39 is 0 Å². The highest BCUT2D eigenvalue weighted by Gasteiger charge is 2.37. The standard InChI is InChI=1S/C13H21N5OS/c1-2-3-10(12(19)15-14)20-13-17-16-11(8-4-5-8)18(13)9-6-7-9/h8-10H,2-7,14H2,1H3,(H,15,19). The lowest BCUT2D eigenvalue weighted by molar-refractivity contribution is -0.120. The monoisotopic (exact) mass is 295 g/mol. The van der Waals surface area contributed by atoms with E-state index in [0.29, 0.717) is 12.0 Å². The van der Waals surface area contributed by atoms with E-state index in [1.807, 2.05) is 0 Å². The van der Waals surface area contributed by atoms with Gasteiger partial charge >= 0.3 is 0 Å². The van der Waals surface area contributed by atoms with E-state index in [0.717, 1.165) is 23.8 Å². The highest BCUT2D eigenvalue weighted by atomic mass is 32.2. The Bertz CT molecular complexity index is 495. The molecule has 2 fully saturated rings. The summed E-state index contributed by atoms with van der Waals surface area (Å²) in [7, 11) is 0. The third-order valence-electron chi connectivity index (χ3n) is 3.78. The number of carbonyl (C=O) groups excluding carboxylic acids is 1. The molecule has 1 aromatic rings. The lowest BCUT2D eigenvalue weighted by atomic mass is 10.2. The van der Waals surface area contributed by atoms with Gasteiger partial charge in [0.25, 0.3) is 0 Å². The van der Waals surface area contributed by atoms with Crippen LogP contribution >= 0.6 is 11.8 Å². The van der Waals surface area contributed by atoms with E-state index in [4.69, 9.17) is 5.84 Å². The maximum atomic E-state index is 11.8. The smallest absolute Gasteiger partial charge is 0.247 e. The largest absolute Gasteiger partial charge is 0.303 e. The molecule has 20 heavy (non-hydrogen) atoms. The quantitative estimate of drug-likeness (QED) is 0.346. The second-order valence-corrected chi connectivity index (χ2v) is 6.79. The number of hydrazine groups is 1. The number of hydrogen-bond acceptors (Lipinski definition) is 5. The van der Waals surface area contributed by atoms with Crippen molar-refractivity contribution in [2.75, 3.05) is 0 Å². The molecule has 2 aliphatic rings. The van der Waals surface area contributed by atoms with Gasteiger partial charge in [-0.2, -0.15) is 0 Å². The van der Waals surface area contributed by atoms with Crippen molar-refractivity contribution in [1.29, 1.82) is 0 Å². The van der Waals surface area contributed by atoms with Crippen molar-refractivity contribution in [3.63, 3.8) is 0 Å². The van der Waals surface area contributed by atoms with Gasteiger partial charge in [0, 0.05) is 12.0 Å². The Balaban J connectivity index is 1.80. The molecule has 1 unspecified atom stereocenters. The highest BCUT2D eigenvalue weighted by Crippen LogP contribution is 2.46. The second kappa shape index (κ2) is 5.73. The zero-order valence-electron chi connectivity index (χ0n) is 11.7. The molecular formula is C13H21N5OS. The van der Waals surface area contributed by atoms with Crippen LogP contribution in [0.3, 0.4) is 0 Å². The first-order valence-corrected chi connectivity index (χ1v) is 8.24. The van der Waals surface area contributed by atoms with Crippen molar-refractivity contribution < 1.29 is 4.79 Å². The summed E-state index contributed by atoms with van der Waals surface area (Å²) >= 11 is 1.50. The molecule has 0 saturated heterocycles. The number of nitrogens with two attached hydrogens (primary N) is 1. The van der Waals surface area contributed by atoms with Crippen molar-refractivity contribution in [3.05, 3.63) is 5.82 Å². The van der Waals surface area contributed by atoms with Gasteiger partial charge in [0.05, 0.1) is 5.25 Å². The fraction of sp³-hybridized carbons (Fsp3) is 0.769. The zero-order valence-corrected chi connectivity index (χ0v) is 12.5. The maximum Gasteiger partial charge on any atom is 0.247 e. The number of nitrogens with one attached hydrogen (secondary N) is 1. The van der Waals surface area contributed by atoms with Gasteiger partial charge < -0.3 is 4.57 Å². The SMILES string of the molecule is CCCC(Sc1nnc(C2CC2)n1C1CC1)C(=O)NN. The summed E-state index contributed by atoms with van der Waals surface area (Å²) in [5, 5.41) is 9.40. The molecule has 1 amide bonds. The molecule has 0 aliphatic heterocycles. The number of amides is 1. The zero-order chi connectivity index (χ0) is 14.1. The third-order valence-corrected chi connectivity index (χ3v) is 5.00. The van der Waals surface area contributed by atoms with E-state index >= 15 is 0 Å². The molecule has 6 nitrogen and oxygen atoms in total. The van der Waals surface area contributed by atoms with E-state index in [1.165, 1.54) is 37.4 Å². The fourth-order valence-electron chi connectivity index (χ4n) is 2.39. The van der Waals surface area contributed by atoms with Crippen molar-refractivity contribution >= 4 is 17.7 Å². The van der Waals surface area contributed by atoms with Crippen LogP contribution < -0.4 is 11.3 Å². The van der Waals surface area contributed by atoms with Crippen LogP contribution in [0.1, 0.15) is 63.2 Å². The Labute approximate surface area is 122 Å². The molecule has 3 N–H and O–H groups in total. The molecule has 1 atom stereocenters. The van der Waals surface area contributed by atoms with Crippen LogP contribution in [-0.4, -0.2) is 25.9 Å². The van der Waals surface area contributed by atoms with Crippen LogP contribution in [-0.2, 0) is 4.79 Å². The lowest BCUT2D eigenvalue weighted by Gasteiger charge is -2.14. The Morgan fingerprint density at radius 3 is 2.75 bits per heavy atom. The van der Waals surface area contributed by atoms with Crippen molar-refractivity contribution in [1.82, 2.24) is 20.2 Å². The molecule has 7 heteroatoms. The van der Waals surface area contributed by atoms with Crippen molar-refractivity contribution in [3.8, 4) is 0 Å². The molecule has 0 bridgehead atoms. The first kappa shape index (κ1) is 13.9. The first-order chi connectivity index (χ1) is 9.74. The summed E-state index contributed by atoms with van der Waals surface area (Å²) in [4.78, 5) is 11.8. The van der Waals surface area contributed by atoms with Gasteiger partial charge in [0.2, 0.25) is 5.91 Å². The van der Waals surface area contributed by atoms with Crippen LogP contribution in [0.15, 0.2) is 5.16 Å². The number of nitrogens with zero attached hydrogens (tertiary/aromatic N) is 3. The summed E-state index contributed by atoms with van der Waals surface area (Å²) in [6.07, 6.45) is 6.58. The van der Waals surface area contributed by atoms with Gasteiger partial charge in [-0.3, -0.25) is 10.2 Å². The summed E-state index contributed by atoms with van der Waals surface area (Å²) < 4.78 is 2.27. The number of rotatable bonds is 7. The molecule has 110 valence electrons. The number of thioether (sulfide) groups is 1. The van der Waals surface area contributed by atoms with Gasteiger partial charge in [-0.05, 0) is 32.1 Å². The average molecular weight is 295 g/mol. The van der Waals surface area contributed by atoms with Crippen LogP contribution in [0.4, 0.5) is 0 Å².